The van der Waals surface area contributed by atoms with E-state index in [2.05, 4.69) is 9.54 Å². The maximum absolute atomic E-state index is 10.3. The van der Waals surface area contributed by atoms with Crippen LogP contribution in [0, 0.1) is 0 Å². The lowest BCUT2D eigenvalue weighted by molar-refractivity contribution is 0.600. The lowest BCUT2D eigenvalue weighted by Gasteiger charge is -1.83. The molecule has 0 aromatic carbocycles. The molecule has 0 aliphatic carbocycles. The molecule has 0 saturated heterocycles. The van der Waals surface area contributed by atoms with Gasteiger partial charge in [0.05, 0.1) is 6.21 Å². The van der Waals surface area contributed by atoms with Crippen LogP contribution in [0.3, 0.4) is 0 Å². The molecule has 0 atom stereocenters. The van der Waals surface area contributed by atoms with Gasteiger partial charge in [-0.15, -0.1) is 11.3 Å². The third-order valence-electron chi connectivity index (χ3n) is 0.870. The molecule has 0 unspecified atom stereocenters. The minimum atomic E-state index is -3.72. The standard InChI is InChI=1S/C5H6N2O2S2/c6-11(8,9)7-4-5-2-1-3-10-5/h1-4H,(H2,6,8,9)/b7-4+. The topological polar surface area (TPSA) is 72.5 Å². The van der Waals surface area contributed by atoms with Crippen molar-refractivity contribution < 1.29 is 8.42 Å². The van der Waals surface area contributed by atoms with E-state index in [-0.39, 0.29) is 0 Å². The molecule has 6 heteroatoms. The quantitative estimate of drug-likeness (QED) is 0.684. The maximum Gasteiger partial charge on any atom is 0.317 e. The number of hydrogen-bond donors (Lipinski definition) is 1. The number of thiophene rings is 1. The summed E-state index contributed by atoms with van der Waals surface area (Å²) in [4.78, 5) is 0.763. The summed E-state index contributed by atoms with van der Waals surface area (Å²) >= 11 is 1.39. The molecule has 0 bridgehead atoms. The van der Waals surface area contributed by atoms with Crippen molar-refractivity contribution in [2.24, 2.45) is 9.54 Å². The lowest BCUT2D eigenvalue weighted by Crippen LogP contribution is -2.07. The van der Waals surface area contributed by atoms with Crippen LogP contribution >= 0.6 is 11.3 Å². The molecule has 1 aromatic heterocycles. The summed E-state index contributed by atoms with van der Waals surface area (Å²) in [6, 6.07) is 3.55. The first-order valence-corrected chi connectivity index (χ1v) is 5.08. The van der Waals surface area contributed by atoms with Gasteiger partial charge in [0.25, 0.3) is 0 Å². The van der Waals surface area contributed by atoms with E-state index in [9.17, 15) is 8.42 Å². The molecule has 0 radical (unpaired) electrons. The fraction of sp³-hybridized carbons (Fsp3) is 0. The first kappa shape index (κ1) is 8.38. The van der Waals surface area contributed by atoms with Crippen LogP contribution in [0.1, 0.15) is 4.88 Å². The van der Waals surface area contributed by atoms with Gasteiger partial charge >= 0.3 is 10.2 Å². The van der Waals surface area contributed by atoms with Crippen LogP contribution < -0.4 is 5.14 Å². The van der Waals surface area contributed by atoms with Gasteiger partial charge in [-0.25, -0.2) is 5.14 Å². The molecule has 1 aromatic rings. The van der Waals surface area contributed by atoms with Crippen LogP contribution in [-0.4, -0.2) is 14.6 Å². The molecular formula is C5H6N2O2S2. The van der Waals surface area contributed by atoms with Crippen molar-refractivity contribution in [2.45, 2.75) is 0 Å². The number of nitrogens with zero attached hydrogens (tertiary/aromatic N) is 1. The summed E-state index contributed by atoms with van der Waals surface area (Å²) in [6.45, 7) is 0. The van der Waals surface area contributed by atoms with Crippen molar-refractivity contribution in [3.8, 4) is 0 Å². The first-order valence-electron chi connectivity index (χ1n) is 2.69. The Balaban J connectivity index is 2.79. The molecule has 11 heavy (non-hydrogen) atoms. The Morgan fingerprint density at radius 2 is 2.36 bits per heavy atom. The van der Waals surface area contributed by atoms with Gasteiger partial charge < -0.3 is 0 Å². The monoisotopic (exact) mass is 190 g/mol. The van der Waals surface area contributed by atoms with Crippen LogP contribution in [0.4, 0.5) is 0 Å². The second-order valence-corrected chi connectivity index (χ2v) is 3.98. The van der Waals surface area contributed by atoms with Gasteiger partial charge in [-0.2, -0.15) is 12.8 Å². The number of hydrogen-bond acceptors (Lipinski definition) is 3. The van der Waals surface area contributed by atoms with Crippen LogP contribution in [0.15, 0.2) is 21.9 Å². The van der Waals surface area contributed by atoms with Gasteiger partial charge in [0.15, 0.2) is 0 Å². The molecule has 1 rings (SSSR count). The molecular weight excluding hydrogens is 184 g/mol. The van der Waals surface area contributed by atoms with Crippen LogP contribution in [-0.2, 0) is 10.2 Å². The fourth-order valence-corrected chi connectivity index (χ4v) is 1.40. The second kappa shape index (κ2) is 3.12. The molecule has 0 spiro atoms. The zero-order valence-electron chi connectivity index (χ0n) is 5.47. The van der Waals surface area contributed by atoms with Gasteiger partial charge in [-0.05, 0) is 11.4 Å². The van der Waals surface area contributed by atoms with Crippen molar-refractivity contribution in [1.29, 1.82) is 0 Å². The maximum atomic E-state index is 10.3. The van der Waals surface area contributed by atoms with Gasteiger partial charge in [-0.1, -0.05) is 6.07 Å². The van der Waals surface area contributed by atoms with Crippen molar-refractivity contribution in [2.75, 3.05) is 0 Å². The molecule has 60 valence electrons. The van der Waals surface area contributed by atoms with Gasteiger partial charge in [0.2, 0.25) is 0 Å². The third-order valence-corrected chi connectivity index (χ3v) is 2.08. The molecule has 0 fully saturated rings. The minimum Gasteiger partial charge on any atom is -0.210 e. The Hall–Kier alpha value is -0.720. The Bertz CT molecular complexity index is 339. The molecule has 4 nitrogen and oxygen atoms in total. The van der Waals surface area contributed by atoms with Crippen molar-refractivity contribution in [3.63, 3.8) is 0 Å². The summed E-state index contributed by atoms with van der Waals surface area (Å²) < 4.78 is 23.8. The number of rotatable bonds is 2. The van der Waals surface area contributed by atoms with Crippen molar-refractivity contribution in [1.82, 2.24) is 0 Å². The molecule has 2 N–H and O–H groups in total. The van der Waals surface area contributed by atoms with E-state index < -0.39 is 10.2 Å². The molecule has 0 amide bonds. The average Bonchev–Trinajstić information content (AvgIpc) is 2.32. The van der Waals surface area contributed by atoms with Crippen LogP contribution in [0.25, 0.3) is 0 Å². The predicted octanol–water partition coefficient (Wildman–Crippen LogP) is 0.371. The summed E-state index contributed by atoms with van der Waals surface area (Å²) in [5, 5.41) is 6.45. The highest BCUT2D eigenvalue weighted by Gasteiger charge is 1.94. The Morgan fingerprint density at radius 3 is 2.82 bits per heavy atom. The fourth-order valence-electron chi connectivity index (χ4n) is 0.490. The summed E-state index contributed by atoms with van der Waals surface area (Å²) in [7, 11) is -3.72. The van der Waals surface area contributed by atoms with Crippen molar-refractivity contribution in [3.05, 3.63) is 22.4 Å². The summed E-state index contributed by atoms with van der Waals surface area (Å²) in [6.07, 6.45) is 1.22. The smallest absolute Gasteiger partial charge is 0.210 e. The highest BCUT2D eigenvalue weighted by atomic mass is 32.2. The van der Waals surface area contributed by atoms with Gasteiger partial charge in [0, 0.05) is 4.88 Å². The van der Waals surface area contributed by atoms with E-state index in [1.54, 1.807) is 12.1 Å². The first-order chi connectivity index (χ1) is 5.08. The SMILES string of the molecule is NS(=O)(=O)/N=C/c1cccs1. The Labute approximate surface area is 68.6 Å². The van der Waals surface area contributed by atoms with E-state index in [4.69, 9.17) is 0 Å². The highest BCUT2D eigenvalue weighted by molar-refractivity contribution is 7.87. The summed E-state index contributed by atoms with van der Waals surface area (Å²) in [5.74, 6) is 0. The Morgan fingerprint density at radius 1 is 1.64 bits per heavy atom. The predicted molar refractivity (Wildman–Crippen MR) is 45.0 cm³/mol. The normalized spacial score (nSPS) is 12.5. The largest absolute Gasteiger partial charge is 0.317 e. The highest BCUT2D eigenvalue weighted by Crippen LogP contribution is 2.04. The summed E-state index contributed by atoms with van der Waals surface area (Å²) in [5.41, 5.74) is 0. The van der Waals surface area contributed by atoms with E-state index in [0.717, 1.165) is 4.88 Å². The Kier molecular flexibility index (Phi) is 2.38. The van der Waals surface area contributed by atoms with E-state index in [1.165, 1.54) is 17.6 Å². The minimum absolute atomic E-state index is 0.763. The number of nitrogens with two attached hydrogens (primary N) is 1. The van der Waals surface area contributed by atoms with Crippen LogP contribution in [0.2, 0.25) is 0 Å². The van der Waals surface area contributed by atoms with E-state index in [1.807, 2.05) is 5.38 Å². The van der Waals surface area contributed by atoms with Crippen LogP contribution in [0.5, 0.6) is 0 Å². The zero-order chi connectivity index (χ0) is 8.32. The molecule has 1 heterocycles. The van der Waals surface area contributed by atoms with Crippen molar-refractivity contribution >= 4 is 27.8 Å². The molecule has 0 aliphatic rings. The van der Waals surface area contributed by atoms with Gasteiger partial charge in [-0.3, -0.25) is 0 Å². The van der Waals surface area contributed by atoms with Gasteiger partial charge in [0.1, 0.15) is 0 Å². The zero-order valence-corrected chi connectivity index (χ0v) is 7.10. The molecule has 0 saturated carbocycles. The molecule has 0 aliphatic heterocycles. The second-order valence-electron chi connectivity index (χ2n) is 1.76. The van der Waals surface area contributed by atoms with E-state index >= 15 is 0 Å². The lowest BCUT2D eigenvalue weighted by atomic mass is 10.5. The third kappa shape index (κ3) is 3.26. The van der Waals surface area contributed by atoms with E-state index in [0.29, 0.717) is 0 Å². The average molecular weight is 190 g/mol.